The SMILES string of the molecule is C[C@H](NC#N)c1ccccc1Br. The molecule has 12 heavy (non-hydrogen) atoms. The second-order valence-corrected chi connectivity index (χ2v) is 3.35. The van der Waals surface area contributed by atoms with Crippen LogP contribution >= 0.6 is 15.9 Å². The van der Waals surface area contributed by atoms with Gasteiger partial charge >= 0.3 is 0 Å². The van der Waals surface area contributed by atoms with Gasteiger partial charge in [-0.1, -0.05) is 34.1 Å². The summed E-state index contributed by atoms with van der Waals surface area (Å²) in [5, 5.41) is 11.1. The first-order chi connectivity index (χ1) is 5.75. The average molecular weight is 225 g/mol. The van der Waals surface area contributed by atoms with Crippen LogP contribution in [0.1, 0.15) is 18.5 Å². The zero-order valence-electron chi connectivity index (χ0n) is 6.71. The molecule has 3 heteroatoms. The van der Waals surface area contributed by atoms with E-state index in [2.05, 4.69) is 21.2 Å². The van der Waals surface area contributed by atoms with Crippen molar-refractivity contribution in [2.24, 2.45) is 0 Å². The number of halogens is 1. The molecular weight excluding hydrogens is 216 g/mol. The Balaban J connectivity index is 2.88. The van der Waals surface area contributed by atoms with Gasteiger partial charge in [-0.25, -0.2) is 0 Å². The monoisotopic (exact) mass is 224 g/mol. The first kappa shape index (κ1) is 9.08. The fraction of sp³-hybridized carbons (Fsp3) is 0.222. The number of nitrogens with one attached hydrogen (secondary N) is 1. The minimum absolute atomic E-state index is 0.0607. The molecule has 1 aromatic carbocycles. The van der Waals surface area contributed by atoms with E-state index in [-0.39, 0.29) is 6.04 Å². The molecule has 62 valence electrons. The van der Waals surface area contributed by atoms with Crippen molar-refractivity contribution >= 4 is 15.9 Å². The molecule has 1 atom stereocenters. The number of hydrogen-bond acceptors (Lipinski definition) is 2. The van der Waals surface area contributed by atoms with Gasteiger partial charge in [0.05, 0.1) is 6.04 Å². The summed E-state index contributed by atoms with van der Waals surface area (Å²) in [7, 11) is 0. The maximum Gasteiger partial charge on any atom is 0.177 e. The highest BCUT2D eigenvalue weighted by atomic mass is 79.9. The normalized spacial score (nSPS) is 11.8. The van der Waals surface area contributed by atoms with E-state index >= 15 is 0 Å². The molecule has 0 aliphatic carbocycles. The predicted octanol–water partition coefficient (Wildman–Crippen LogP) is 2.58. The van der Waals surface area contributed by atoms with Crippen LogP contribution in [0.4, 0.5) is 0 Å². The van der Waals surface area contributed by atoms with Gasteiger partial charge in [0.2, 0.25) is 0 Å². The second kappa shape index (κ2) is 4.13. The molecule has 0 bridgehead atoms. The molecule has 0 aromatic heterocycles. The van der Waals surface area contributed by atoms with Crippen LogP contribution in [-0.2, 0) is 0 Å². The molecule has 0 spiro atoms. The zero-order chi connectivity index (χ0) is 8.97. The maximum absolute atomic E-state index is 8.41. The van der Waals surface area contributed by atoms with Crippen LogP contribution in [0.25, 0.3) is 0 Å². The topological polar surface area (TPSA) is 35.8 Å². The first-order valence-electron chi connectivity index (χ1n) is 3.64. The van der Waals surface area contributed by atoms with Gasteiger partial charge in [-0.2, -0.15) is 5.26 Å². The third kappa shape index (κ3) is 1.99. The smallest absolute Gasteiger partial charge is 0.177 e. The lowest BCUT2D eigenvalue weighted by Gasteiger charge is -2.10. The van der Waals surface area contributed by atoms with Crippen molar-refractivity contribution in [2.45, 2.75) is 13.0 Å². The van der Waals surface area contributed by atoms with Crippen LogP contribution in [0.5, 0.6) is 0 Å². The number of hydrogen-bond donors (Lipinski definition) is 1. The third-order valence-electron chi connectivity index (χ3n) is 1.65. The lowest BCUT2D eigenvalue weighted by Crippen LogP contribution is -2.11. The Morgan fingerprint density at radius 1 is 1.50 bits per heavy atom. The van der Waals surface area contributed by atoms with Crippen LogP contribution in [-0.4, -0.2) is 0 Å². The largest absolute Gasteiger partial charge is 0.317 e. The molecule has 0 unspecified atom stereocenters. The summed E-state index contributed by atoms with van der Waals surface area (Å²) >= 11 is 3.42. The molecule has 0 fully saturated rings. The summed E-state index contributed by atoms with van der Waals surface area (Å²) in [5.41, 5.74) is 1.10. The van der Waals surface area contributed by atoms with Crippen LogP contribution in [0.15, 0.2) is 28.7 Å². The standard InChI is InChI=1S/C9H9BrN2/c1-7(12-6-11)8-4-2-3-5-9(8)10/h2-5,7,12H,1H3/t7-/m0/s1. The van der Waals surface area contributed by atoms with Crippen LogP contribution in [0.3, 0.4) is 0 Å². The fourth-order valence-electron chi connectivity index (χ4n) is 1.00. The molecule has 0 amide bonds. The summed E-state index contributed by atoms with van der Waals surface area (Å²) in [6.07, 6.45) is 1.92. The van der Waals surface area contributed by atoms with Crippen molar-refractivity contribution in [3.63, 3.8) is 0 Å². The molecule has 0 aliphatic heterocycles. The summed E-state index contributed by atoms with van der Waals surface area (Å²) in [5.74, 6) is 0. The van der Waals surface area contributed by atoms with Crippen LogP contribution in [0.2, 0.25) is 0 Å². The van der Waals surface area contributed by atoms with Crippen molar-refractivity contribution in [1.29, 1.82) is 5.26 Å². The molecule has 2 nitrogen and oxygen atoms in total. The first-order valence-corrected chi connectivity index (χ1v) is 4.44. The van der Waals surface area contributed by atoms with E-state index in [1.165, 1.54) is 0 Å². The highest BCUT2D eigenvalue weighted by Gasteiger charge is 2.05. The van der Waals surface area contributed by atoms with Gasteiger partial charge in [-0.3, -0.25) is 0 Å². The van der Waals surface area contributed by atoms with Gasteiger partial charge < -0.3 is 5.32 Å². The number of benzene rings is 1. The van der Waals surface area contributed by atoms with Gasteiger partial charge in [0, 0.05) is 4.47 Å². The molecular formula is C9H9BrN2. The Bertz CT molecular complexity index is 304. The minimum Gasteiger partial charge on any atom is -0.317 e. The van der Waals surface area contributed by atoms with Gasteiger partial charge in [0.15, 0.2) is 6.19 Å². The quantitative estimate of drug-likeness (QED) is 0.620. The maximum atomic E-state index is 8.41. The van der Waals surface area contributed by atoms with E-state index in [0.29, 0.717) is 0 Å². The van der Waals surface area contributed by atoms with Crippen molar-refractivity contribution in [1.82, 2.24) is 5.32 Å². The second-order valence-electron chi connectivity index (χ2n) is 2.50. The average Bonchev–Trinajstić information content (AvgIpc) is 2.05. The van der Waals surface area contributed by atoms with E-state index < -0.39 is 0 Å². The highest BCUT2D eigenvalue weighted by Crippen LogP contribution is 2.22. The Morgan fingerprint density at radius 3 is 2.75 bits per heavy atom. The molecule has 1 N–H and O–H groups in total. The highest BCUT2D eigenvalue weighted by molar-refractivity contribution is 9.10. The van der Waals surface area contributed by atoms with Crippen molar-refractivity contribution in [3.8, 4) is 6.19 Å². The van der Waals surface area contributed by atoms with Crippen molar-refractivity contribution < 1.29 is 0 Å². The van der Waals surface area contributed by atoms with E-state index in [1.807, 2.05) is 37.4 Å². The Hall–Kier alpha value is -1.01. The van der Waals surface area contributed by atoms with E-state index in [1.54, 1.807) is 0 Å². The van der Waals surface area contributed by atoms with Crippen molar-refractivity contribution in [2.75, 3.05) is 0 Å². The molecule has 0 heterocycles. The lowest BCUT2D eigenvalue weighted by molar-refractivity contribution is 0.694. The predicted molar refractivity (Wildman–Crippen MR) is 51.3 cm³/mol. The van der Waals surface area contributed by atoms with Crippen molar-refractivity contribution in [3.05, 3.63) is 34.3 Å². The van der Waals surface area contributed by atoms with Gasteiger partial charge in [-0.15, -0.1) is 0 Å². The van der Waals surface area contributed by atoms with Gasteiger partial charge in [-0.05, 0) is 18.6 Å². The number of nitrogens with zero attached hydrogens (tertiary/aromatic N) is 1. The molecule has 0 saturated carbocycles. The summed E-state index contributed by atoms with van der Waals surface area (Å²) in [6.45, 7) is 1.95. The van der Waals surface area contributed by atoms with E-state index in [4.69, 9.17) is 5.26 Å². The third-order valence-corrected chi connectivity index (χ3v) is 2.37. The van der Waals surface area contributed by atoms with Crippen LogP contribution < -0.4 is 5.32 Å². The van der Waals surface area contributed by atoms with Gasteiger partial charge in [0.25, 0.3) is 0 Å². The summed E-state index contributed by atoms with van der Waals surface area (Å²) in [4.78, 5) is 0. The zero-order valence-corrected chi connectivity index (χ0v) is 8.30. The van der Waals surface area contributed by atoms with Gasteiger partial charge in [0.1, 0.15) is 0 Å². The lowest BCUT2D eigenvalue weighted by atomic mass is 10.1. The summed E-state index contributed by atoms with van der Waals surface area (Å²) in [6, 6.07) is 7.91. The Kier molecular flexibility index (Phi) is 3.12. The minimum atomic E-state index is 0.0607. The van der Waals surface area contributed by atoms with Crippen LogP contribution in [0, 0.1) is 11.5 Å². The molecule has 0 saturated heterocycles. The molecule has 1 rings (SSSR count). The Morgan fingerprint density at radius 2 is 2.17 bits per heavy atom. The number of rotatable bonds is 2. The Labute approximate surface area is 80.3 Å². The number of nitriles is 1. The van der Waals surface area contributed by atoms with E-state index in [9.17, 15) is 0 Å². The molecule has 0 radical (unpaired) electrons. The molecule has 1 aromatic rings. The fourth-order valence-corrected chi connectivity index (χ4v) is 1.63. The summed E-state index contributed by atoms with van der Waals surface area (Å²) < 4.78 is 1.03. The van der Waals surface area contributed by atoms with E-state index in [0.717, 1.165) is 10.0 Å². The molecule has 0 aliphatic rings.